The molecule has 3 aliphatic heterocycles. The molecule has 0 spiro atoms. The number of phosphoric acid groups is 4. The minimum atomic E-state index is -5.31. The first-order valence-electron chi connectivity index (χ1n) is 19.1. The standard InChI is InChI=1S/C29H39N13O21P4/c30-18-1-2-40(29(44)37-18)19-4-13(62-66(51,52)56-7-16-12(61-65(48,49)50)3-21(60-16)42-11-36-23-26(42)38-28(32)39-27(23)43)17(58-19)8-57-67(53,54)63-14-5-20(59-15(14)6-55-64(45,46)47)41-10-35-22-24(31)33-9-34-25(22)41/h1-2,9-17,19-21H,3-8H2,(H,51,52)(H,53,54)(H2,30,37,44)(H2,31,33,34)(H2,45,46,47)(H2,48,49,50)(H3,32,38,39,43)/t12-,13-,14-,15+,16+,17+,19+,20+,21+/m0/s1. The number of nitrogen functional groups attached to an aromatic ring is 3. The monoisotopic (exact) mass is 1030 g/mol. The second-order valence-electron chi connectivity index (χ2n) is 14.7. The van der Waals surface area contributed by atoms with Crippen LogP contribution in [-0.2, 0) is 59.6 Å². The number of ether oxygens (including phenoxy) is 3. The van der Waals surface area contributed by atoms with E-state index in [0.29, 0.717) is 0 Å². The highest BCUT2D eigenvalue weighted by Gasteiger charge is 2.48. The first kappa shape index (κ1) is 48.9. The molecule has 5 aromatic heterocycles. The largest absolute Gasteiger partial charge is 0.472 e. The average Bonchev–Trinajstić information content (AvgIpc) is 4.05. The Balaban J connectivity index is 0.971. The Labute approximate surface area is 371 Å². The van der Waals surface area contributed by atoms with Gasteiger partial charge < -0.3 is 60.8 Å². The van der Waals surface area contributed by atoms with Crippen molar-refractivity contribution in [3.63, 3.8) is 0 Å². The van der Waals surface area contributed by atoms with E-state index in [-0.39, 0.29) is 52.8 Å². The van der Waals surface area contributed by atoms with Crippen molar-refractivity contribution in [2.45, 2.75) is 74.6 Å². The molecule has 8 rings (SSSR count). The van der Waals surface area contributed by atoms with Gasteiger partial charge in [0.1, 0.15) is 73.0 Å². The van der Waals surface area contributed by atoms with Crippen LogP contribution in [-0.4, -0.2) is 134 Å². The minimum absolute atomic E-state index is 0.0208. The van der Waals surface area contributed by atoms with Gasteiger partial charge in [-0.3, -0.25) is 50.6 Å². The molecular weight excluding hydrogens is 990 g/mol. The number of nitrogens with one attached hydrogen (secondary N) is 1. The molecule has 0 aliphatic carbocycles. The Hall–Kier alpha value is -4.50. The molecule has 13 N–H and O–H groups in total. The number of rotatable bonds is 18. The first-order chi connectivity index (χ1) is 31.4. The van der Waals surface area contributed by atoms with E-state index in [0.717, 1.165) is 17.2 Å². The minimum Gasteiger partial charge on any atom is -0.383 e. The van der Waals surface area contributed by atoms with Gasteiger partial charge in [-0.15, -0.1) is 0 Å². The molecule has 366 valence electrons. The molecule has 38 heteroatoms. The number of imidazole rings is 2. The lowest BCUT2D eigenvalue weighted by atomic mass is 10.2. The Morgan fingerprint density at radius 3 is 1.69 bits per heavy atom. The van der Waals surface area contributed by atoms with Crippen molar-refractivity contribution in [2.75, 3.05) is 37.0 Å². The number of nitrogens with two attached hydrogens (primary N) is 3. The molecule has 3 fully saturated rings. The summed E-state index contributed by atoms with van der Waals surface area (Å²) < 4.78 is 102. The number of fused-ring (bicyclic) bond motifs is 2. The maximum absolute atomic E-state index is 13.6. The van der Waals surface area contributed by atoms with E-state index in [9.17, 15) is 57.2 Å². The van der Waals surface area contributed by atoms with Crippen molar-refractivity contribution in [3.8, 4) is 0 Å². The third-order valence-corrected chi connectivity index (χ3v) is 13.2. The Bertz CT molecular complexity index is 2960. The van der Waals surface area contributed by atoms with Gasteiger partial charge >= 0.3 is 37.0 Å². The number of anilines is 3. The van der Waals surface area contributed by atoms with Crippen LogP contribution in [0.5, 0.6) is 0 Å². The number of aromatic nitrogens is 10. The van der Waals surface area contributed by atoms with Crippen LogP contribution < -0.4 is 28.5 Å². The molecule has 2 unspecified atom stereocenters. The van der Waals surface area contributed by atoms with Gasteiger partial charge in [-0.2, -0.15) is 9.97 Å². The van der Waals surface area contributed by atoms with E-state index in [1.54, 1.807) is 0 Å². The molecule has 0 aromatic carbocycles. The lowest BCUT2D eigenvalue weighted by molar-refractivity contribution is -0.0604. The summed E-state index contributed by atoms with van der Waals surface area (Å²) >= 11 is 0. The summed E-state index contributed by atoms with van der Waals surface area (Å²) in [6.45, 7) is -2.73. The molecule has 0 radical (unpaired) electrons. The van der Waals surface area contributed by atoms with Gasteiger partial charge in [0.15, 0.2) is 22.6 Å². The fourth-order valence-electron chi connectivity index (χ4n) is 7.36. The van der Waals surface area contributed by atoms with Crippen molar-refractivity contribution >= 4 is 71.2 Å². The van der Waals surface area contributed by atoms with Gasteiger partial charge in [0.05, 0.1) is 32.5 Å². The zero-order valence-electron chi connectivity index (χ0n) is 33.7. The van der Waals surface area contributed by atoms with Crippen molar-refractivity contribution in [1.29, 1.82) is 0 Å². The van der Waals surface area contributed by atoms with Crippen molar-refractivity contribution < 1.29 is 89.0 Å². The normalized spacial score (nSPS) is 27.8. The van der Waals surface area contributed by atoms with Crippen LogP contribution in [0.3, 0.4) is 0 Å². The molecule has 3 saturated heterocycles. The lowest BCUT2D eigenvalue weighted by Gasteiger charge is -2.25. The SMILES string of the molecule is Nc1ccn([C@H]2C[C@H](OP(=O)(O)OC[C@H]3O[C@@H](n4cnc5c(=O)[nH]c(N)nc54)C[C@@H]3OP(=O)(O)O)[C@@H](COP(=O)(O)O[C@H]3C[C@H](n4cnc5c(N)ncnc54)O[C@@H]3COP(=O)(O)O)O2)c(=O)n1. The summed E-state index contributed by atoms with van der Waals surface area (Å²) in [5, 5.41) is 0. The molecule has 11 atom stereocenters. The number of nitrogens with zero attached hydrogens (tertiary/aromatic N) is 9. The average molecular weight is 1030 g/mol. The van der Waals surface area contributed by atoms with E-state index in [2.05, 4.69) is 39.4 Å². The second-order valence-corrected chi connectivity index (χ2v) is 20.0. The van der Waals surface area contributed by atoms with Crippen LogP contribution in [0.25, 0.3) is 22.3 Å². The number of aromatic amines is 1. The molecule has 0 saturated carbocycles. The van der Waals surface area contributed by atoms with Crippen molar-refractivity contribution in [1.82, 2.24) is 48.6 Å². The molecule has 3 aliphatic rings. The van der Waals surface area contributed by atoms with Crippen LogP contribution in [0.1, 0.15) is 37.9 Å². The second kappa shape index (κ2) is 18.8. The molecular formula is C29H39N13O21P4. The van der Waals surface area contributed by atoms with Crippen LogP contribution in [0.2, 0.25) is 0 Å². The summed E-state index contributed by atoms with van der Waals surface area (Å²) in [7, 11) is -20.9. The molecule has 0 amide bonds. The Morgan fingerprint density at radius 1 is 0.642 bits per heavy atom. The van der Waals surface area contributed by atoms with E-state index in [4.69, 9.17) is 54.0 Å². The van der Waals surface area contributed by atoms with E-state index < -0.39 is 124 Å². The maximum Gasteiger partial charge on any atom is 0.472 e. The maximum atomic E-state index is 13.6. The summed E-state index contributed by atoms with van der Waals surface area (Å²) in [6, 6.07) is 1.24. The van der Waals surface area contributed by atoms with E-state index >= 15 is 0 Å². The third kappa shape index (κ3) is 11.5. The smallest absolute Gasteiger partial charge is 0.383 e. The summed E-state index contributed by atoms with van der Waals surface area (Å²) in [4.78, 5) is 111. The van der Waals surface area contributed by atoms with Crippen molar-refractivity contribution in [2.24, 2.45) is 0 Å². The quantitative estimate of drug-likeness (QED) is 0.0443. The highest BCUT2D eigenvalue weighted by molar-refractivity contribution is 7.47. The van der Waals surface area contributed by atoms with Gasteiger partial charge in [-0.05, 0) is 6.07 Å². The topological polar surface area (TPSA) is 493 Å². The van der Waals surface area contributed by atoms with Gasteiger partial charge in [0.25, 0.3) is 5.56 Å². The molecule has 67 heavy (non-hydrogen) atoms. The number of hydrogen-bond acceptors (Lipinski definition) is 24. The van der Waals surface area contributed by atoms with Crippen LogP contribution in [0.15, 0.2) is 40.8 Å². The predicted octanol–water partition coefficient (Wildman–Crippen LogP) is -1.58. The van der Waals surface area contributed by atoms with Crippen molar-refractivity contribution in [3.05, 3.63) is 52.1 Å². The number of hydrogen-bond donors (Lipinski definition) is 10. The molecule has 5 aromatic rings. The summed E-state index contributed by atoms with van der Waals surface area (Å²) in [5.41, 5.74) is 15.7. The molecule has 8 heterocycles. The Morgan fingerprint density at radius 2 is 1.15 bits per heavy atom. The molecule has 34 nitrogen and oxygen atoms in total. The van der Waals surface area contributed by atoms with Gasteiger partial charge in [-0.1, -0.05) is 0 Å². The predicted molar refractivity (Wildman–Crippen MR) is 217 cm³/mol. The van der Waals surface area contributed by atoms with E-state index in [1.807, 2.05) is 0 Å². The highest BCUT2D eigenvalue weighted by atomic mass is 31.2. The first-order valence-corrected chi connectivity index (χ1v) is 25.2. The van der Waals surface area contributed by atoms with Crippen LogP contribution in [0.4, 0.5) is 17.6 Å². The fourth-order valence-corrected chi connectivity index (χ4v) is 10.2. The molecule has 0 bridgehead atoms. The Kier molecular flexibility index (Phi) is 13.7. The number of H-pyrrole nitrogens is 1. The van der Waals surface area contributed by atoms with Gasteiger partial charge in [-0.25, -0.2) is 43.0 Å². The van der Waals surface area contributed by atoms with E-state index in [1.165, 1.54) is 27.7 Å². The zero-order chi connectivity index (χ0) is 48.2. The zero-order valence-corrected chi connectivity index (χ0v) is 37.3. The fraction of sp³-hybridized carbons (Fsp3) is 0.517. The highest BCUT2D eigenvalue weighted by Crippen LogP contribution is 2.53. The lowest BCUT2D eigenvalue weighted by Crippen LogP contribution is -2.31. The third-order valence-electron chi connectivity index (χ3n) is 10.2. The van der Waals surface area contributed by atoms with Crippen LogP contribution in [0, 0.1) is 0 Å². The van der Waals surface area contributed by atoms with Gasteiger partial charge in [0.2, 0.25) is 5.95 Å². The summed E-state index contributed by atoms with van der Waals surface area (Å²) in [6.07, 6.45) is -9.02. The van der Waals surface area contributed by atoms with Crippen LogP contribution >= 0.6 is 31.3 Å². The van der Waals surface area contributed by atoms with Gasteiger partial charge in [0, 0.05) is 25.5 Å². The summed E-state index contributed by atoms with van der Waals surface area (Å²) in [5.74, 6) is -0.424. The number of phosphoric ester groups is 4.